The number of halogens is 1. The van der Waals surface area contributed by atoms with Gasteiger partial charge in [0.25, 0.3) is 11.6 Å². The Hall–Kier alpha value is -3.41. The zero-order chi connectivity index (χ0) is 23.1. The van der Waals surface area contributed by atoms with Crippen molar-refractivity contribution in [3.8, 4) is 0 Å². The van der Waals surface area contributed by atoms with Gasteiger partial charge in [0.1, 0.15) is 0 Å². The molecule has 166 valence electrons. The number of rotatable bonds is 5. The van der Waals surface area contributed by atoms with Crippen molar-refractivity contribution in [3.05, 3.63) is 73.7 Å². The van der Waals surface area contributed by atoms with E-state index in [9.17, 15) is 19.7 Å². The van der Waals surface area contributed by atoms with Crippen molar-refractivity contribution >= 4 is 72.3 Å². The quantitative estimate of drug-likeness (QED) is 0.285. The van der Waals surface area contributed by atoms with Crippen LogP contribution in [-0.4, -0.2) is 26.7 Å². The van der Waals surface area contributed by atoms with Crippen molar-refractivity contribution in [1.82, 2.24) is 9.97 Å². The van der Waals surface area contributed by atoms with Gasteiger partial charge < -0.3 is 5.32 Å². The molecule has 1 unspecified atom stereocenters. The van der Waals surface area contributed by atoms with E-state index >= 15 is 0 Å². The summed E-state index contributed by atoms with van der Waals surface area (Å²) in [4.78, 5) is 45.7. The Labute approximate surface area is 199 Å². The molecule has 0 aliphatic heterocycles. The molecule has 0 spiro atoms. The van der Waals surface area contributed by atoms with Crippen LogP contribution in [0, 0.1) is 10.1 Å². The Morgan fingerprint density at radius 3 is 2.58 bits per heavy atom. The van der Waals surface area contributed by atoms with Crippen molar-refractivity contribution in [2.24, 2.45) is 0 Å². The van der Waals surface area contributed by atoms with E-state index in [4.69, 9.17) is 11.6 Å². The number of anilines is 2. The summed E-state index contributed by atoms with van der Waals surface area (Å²) in [5.74, 6) is -1.01. The molecule has 4 aromatic rings. The highest BCUT2D eigenvalue weighted by Crippen LogP contribution is 2.39. The van der Waals surface area contributed by atoms with Crippen LogP contribution in [0.5, 0.6) is 0 Å². The number of amides is 2. The maximum Gasteiger partial charge on any atom is 0.270 e. The van der Waals surface area contributed by atoms with Crippen molar-refractivity contribution in [1.29, 1.82) is 0 Å². The number of hydrogen-bond donors (Lipinski definition) is 2. The van der Waals surface area contributed by atoms with Gasteiger partial charge in [0, 0.05) is 27.6 Å². The van der Waals surface area contributed by atoms with Crippen LogP contribution in [0.4, 0.5) is 16.0 Å². The number of hydrogen-bond acceptors (Lipinski definition) is 8. The summed E-state index contributed by atoms with van der Waals surface area (Å²) in [7, 11) is 0. The van der Waals surface area contributed by atoms with E-state index in [1.165, 1.54) is 34.8 Å². The summed E-state index contributed by atoms with van der Waals surface area (Å²) in [6, 6.07) is 10.9. The molecule has 1 aliphatic carbocycles. The van der Waals surface area contributed by atoms with Crippen molar-refractivity contribution in [2.75, 3.05) is 10.6 Å². The minimum absolute atomic E-state index is 0.0277. The molecule has 2 amide bonds. The van der Waals surface area contributed by atoms with Crippen LogP contribution in [0.3, 0.4) is 0 Å². The fourth-order valence-electron chi connectivity index (χ4n) is 3.58. The summed E-state index contributed by atoms with van der Waals surface area (Å²) < 4.78 is 0.618. The number of aromatic nitrogens is 2. The third-order valence-corrected chi connectivity index (χ3v) is 7.41. The van der Waals surface area contributed by atoms with Gasteiger partial charge >= 0.3 is 0 Å². The first-order valence-corrected chi connectivity index (χ1v) is 11.8. The van der Waals surface area contributed by atoms with Gasteiger partial charge in [-0.2, -0.15) is 0 Å². The molecule has 9 nitrogen and oxygen atoms in total. The predicted molar refractivity (Wildman–Crippen MR) is 127 cm³/mol. The van der Waals surface area contributed by atoms with E-state index < -0.39 is 10.8 Å². The molecule has 2 aromatic heterocycles. The summed E-state index contributed by atoms with van der Waals surface area (Å²) >= 11 is 8.40. The van der Waals surface area contributed by atoms with Crippen LogP contribution < -0.4 is 10.6 Å². The van der Waals surface area contributed by atoms with Crippen LogP contribution in [0.2, 0.25) is 5.02 Å². The summed E-state index contributed by atoms with van der Waals surface area (Å²) in [5.41, 5.74) is 1.66. The van der Waals surface area contributed by atoms with Gasteiger partial charge in [-0.1, -0.05) is 22.9 Å². The number of thiazole rings is 2. The fraction of sp³-hybridized carbons (Fsp3) is 0.143. The molecule has 33 heavy (non-hydrogen) atoms. The van der Waals surface area contributed by atoms with Crippen molar-refractivity contribution in [2.45, 2.75) is 18.8 Å². The Morgan fingerprint density at radius 1 is 1.06 bits per heavy atom. The van der Waals surface area contributed by atoms with Crippen LogP contribution >= 0.6 is 34.3 Å². The van der Waals surface area contributed by atoms with Crippen LogP contribution in [0.15, 0.2) is 42.5 Å². The highest BCUT2D eigenvalue weighted by atomic mass is 35.5. The summed E-state index contributed by atoms with van der Waals surface area (Å²) in [5, 5.41) is 17.9. The highest BCUT2D eigenvalue weighted by molar-refractivity contribution is 7.22. The molecular weight excluding hydrogens is 486 g/mol. The molecule has 1 aliphatic rings. The molecule has 2 N–H and O–H groups in total. The number of nitro groups is 1. The predicted octanol–water partition coefficient (Wildman–Crippen LogP) is 5.24. The third-order valence-electron chi connectivity index (χ3n) is 5.17. The number of fused-ring (bicyclic) bond motifs is 2. The first-order chi connectivity index (χ1) is 15.9. The Morgan fingerprint density at radius 2 is 1.82 bits per heavy atom. The third kappa shape index (κ3) is 4.30. The average molecular weight is 500 g/mol. The molecule has 0 radical (unpaired) electrons. The van der Waals surface area contributed by atoms with E-state index in [-0.39, 0.29) is 17.5 Å². The Bertz CT molecular complexity index is 1420. The Kier molecular flexibility index (Phi) is 5.52. The molecule has 0 bridgehead atoms. The lowest BCUT2D eigenvalue weighted by Crippen LogP contribution is -2.20. The van der Waals surface area contributed by atoms with Crippen LogP contribution in [-0.2, 0) is 11.2 Å². The maximum atomic E-state index is 12.9. The molecule has 2 heterocycles. The number of carbonyl (C=O) groups is 2. The van der Waals surface area contributed by atoms with Gasteiger partial charge in [-0.05, 0) is 43.2 Å². The summed E-state index contributed by atoms with van der Waals surface area (Å²) in [6.45, 7) is 0. The lowest BCUT2D eigenvalue weighted by atomic mass is 10.1. The van der Waals surface area contributed by atoms with Crippen molar-refractivity contribution in [3.63, 3.8) is 0 Å². The largest absolute Gasteiger partial charge is 0.301 e. The standard InChI is InChI=1S/C21H14ClN5O4S2/c22-11-3-1-10(2-4-11)18(28)25-21-24-17-13(6-8-15(17)32-21)19(29)26-20-23-14-7-5-12(27(30)31)9-16(14)33-20/h1-5,7,9,13H,6,8H2,(H,23,26,29)(H,24,25,28). The van der Waals surface area contributed by atoms with E-state index in [2.05, 4.69) is 20.6 Å². The highest BCUT2D eigenvalue weighted by Gasteiger charge is 2.33. The number of carbonyl (C=O) groups excluding carboxylic acids is 2. The van der Waals surface area contributed by atoms with Crippen LogP contribution in [0.1, 0.15) is 33.3 Å². The molecular formula is C21H14ClN5O4S2. The van der Waals surface area contributed by atoms with Gasteiger partial charge in [-0.25, -0.2) is 9.97 Å². The zero-order valence-corrected chi connectivity index (χ0v) is 19.1. The molecule has 12 heteroatoms. The smallest absolute Gasteiger partial charge is 0.270 e. The number of aryl methyl sites for hydroxylation is 1. The van der Waals surface area contributed by atoms with E-state index in [0.717, 1.165) is 4.88 Å². The second-order valence-corrected chi connectivity index (χ2v) is 9.85. The van der Waals surface area contributed by atoms with Gasteiger partial charge in [-0.3, -0.25) is 25.0 Å². The maximum absolute atomic E-state index is 12.9. The monoisotopic (exact) mass is 499 g/mol. The molecule has 0 fully saturated rings. The number of benzene rings is 2. The van der Waals surface area contributed by atoms with Crippen molar-refractivity contribution < 1.29 is 14.5 Å². The van der Waals surface area contributed by atoms with E-state index in [1.807, 2.05) is 0 Å². The molecule has 0 saturated carbocycles. The average Bonchev–Trinajstić information content (AvgIpc) is 3.46. The SMILES string of the molecule is O=C(Nc1nc2c(s1)CCC2C(=O)Nc1nc2ccc([N+](=O)[O-])cc2s1)c1ccc(Cl)cc1. The lowest BCUT2D eigenvalue weighted by Gasteiger charge is -2.08. The molecule has 5 rings (SSSR count). The fourth-order valence-corrected chi connectivity index (χ4v) is 5.64. The first kappa shape index (κ1) is 21.4. The van der Waals surface area contributed by atoms with E-state index in [0.29, 0.717) is 49.6 Å². The zero-order valence-electron chi connectivity index (χ0n) is 16.7. The minimum atomic E-state index is -0.469. The van der Waals surface area contributed by atoms with Gasteiger partial charge in [-0.15, -0.1) is 11.3 Å². The minimum Gasteiger partial charge on any atom is -0.301 e. The molecule has 1 atom stereocenters. The number of non-ortho nitro benzene ring substituents is 1. The lowest BCUT2D eigenvalue weighted by molar-refractivity contribution is -0.384. The summed E-state index contributed by atoms with van der Waals surface area (Å²) in [6.07, 6.45) is 1.30. The van der Waals surface area contributed by atoms with E-state index in [1.54, 1.807) is 30.3 Å². The molecule has 2 aromatic carbocycles. The molecule has 0 saturated heterocycles. The van der Waals surface area contributed by atoms with Gasteiger partial charge in [0.15, 0.2) is 10.3 Å². The first-order valence-electron chi connectivity index (χ1n) is 9.80. The number of nitrogens with zero attached hydrogens (tertiary/aromatic N) is 3. The van der Waals surface area contributed by atoms with Crippen LogP contribution in [0.25, 0.3) is 10.2 Å². The Balaban J connectivity index is 1.30. The van der Waals surface area contributed by atoms with Gasteiger partial charge in [0.2, 0.25) is 5.91 Å². The second-order valence-electron chi connectivity index (χ2n) is 7.30. The number of nitro benzene ring substituents is 1. The normalized spacial score (nSPS) is 14.8. The van der Waals surface area contributed by atoms with Gasteiger partial charge in [0.05, 0.1) is 26.8 Å². The topological polar surface area (TPSA) is 127 Å². The second kappa shape index (κ2) is 8.50. The number of nitrogens with one attached hydrogen (secondary N) is 2.